The van der Waals surface area contributed by atoms with E-state index in [0.29, 0.717) is 6.54 Å². The summed E-state index contributed by atoms with van der Waals surface area (Å²) in [6, 6.07) is 0. The third kappa shape index (κ3) is 4.54. The van der Waals surface area contributed by atoms with Crippen molar-refractivity contribution in [1.29, 1.82) is 0 Å². The molecule has 31 valence electrons. The Kier molecular flexibility index (Phi) is 3.06. The molecule has 3 heteroatoms. The van der Waals surface area contributed by atoms with Crippen LogP contribution >= 0.6 is 23.6 Å². The SMILES string of the molecule is CC[N+](Cl)Cl. The van der Waals surface area contributed by atoms with E-state index in [9.17, 15) is 0 Å². The molecule has 0 spiro atoms. The van der Waals surface area contributed by atoms with Crippen LogP contribution in [0.1, 0.15) is 6.92 Å². The monoisotopic (exact) mass is 113 g/mol. The van der Waals surface area contributed by atoms with Crippen LogP contribution in [0.15, 0.2) is 0 Å². The van der Waals surface area contributed by atoms with Gasteiger partial charge in [-0.2, -0.15) is 0 Å². The Morgan fingerprint density at radius 3 is 1.80 bits per heavy atom. The minimum atomic E-state index is 0.670. The Morgan fingerprint density at radius 2 is 1.80 bits per heavy atom. The average Bonchev–Trinajstić information content (AvgIpc) is 1.38. The van der Waals surface area contributed by atoms with Crippen LogP contribution < -0.4 is 3.94 Å². The number of hydrogen-bond acceptors (Lipinski definition) is 1. The molecule has 1 nitrogen and oxygen atoms in total. The molecule has 0 fully saturated rings. The van der Waals surface area contributed by atoms with Crippen molar-refractivity contribution in [3.05, 3.63) is 0 Å². The van der Waals surface area contributed by atoms with Crippen molar-refractivity contribution < 1.29 is 0 Å². The topological polar surface area (TPSA) is 5.90 Å². The summed E-state index contributed by atoms with van der Waals surface area (Å²) in [5.41, 5.74) is 0. The first kappa shape index (κ1) is 5.54. The summed E-state index contributed by atoms with van der Waals surface area (Å²) >= 11 is 10.1. The van der Waals surface area contributed by atoms with Gasteiger partial charge in [0.1, 0.15) is 0 Å². The predicted molar refractivity (Wildman–Crippen MR) is 24.4 cm³/mol. The van der Waals surface area contributed by atoms with Gasteiger partial charge in [0.05, 0.1) is 3.94 Å². The minimum Gasteiger partial charge on any atom is -0.00691 e. The summed E-state index contributed by atoms with van der Waals surface area (Å²) in [4.78, 5) is 0. The van der Waals surface area contributed by atoms with Crippen LogP contribution in [0.2, 0.25) is 0 Å². The lowest BCUT2D eigenvalue weighted by molar-refractivity contribution is 0.909. The molecular formula is C2H5Cl2N+. The van der Waals surface area contributed by atoms with Gasteiger partial charge in [0.2, 0.25) is 23.6 Å². The fourth-order valence-electron chi connectivity index (χ4n) is 0. The minimum absolute atomic E-state index is 0.670. The Morgan fingerprint density at radius 1 is 1.60 bits per heavy atom. The number of halogens is 2. The van der Waals surface area contributed by atoms with E-state index in [2.05, 4.69) is 0 Å². The van der Waals surface area contributed by atoms with Crippen molar-refractivity contribution in [3.63, 3.8) is 0 Å². The molecule has 0 aromatic rings. The summed E-state index contributed by atoms with van der Waals surface area (Å²) in [6.07, 6.45) is 0. The molecule has 0 atom stereocenters. The molecule has 0 aliphatic heterocycles. The average molecular weight is 114 g/mol. The van der Waals surface area contributed by atoms with Crippen molar-refractivity contribution in [3.8, 4) is 0 Å². The molecule has 1 radical (unpaired) electrons. The van der Waals surface area contributed by atoms with Gasteiger partial charge in [0.25, 0.3) is 0 Å². The van der Waals surface area contributed by atoms with Crippen molar-refractivity contribution in [2.75, 3.05) is 6.54 Å². The highest BCUT2D eigenvalue weighted by Gasteiger charge is 1.98. The van der Waals surface area contributed by atoms with Crippen molar-refractivity contribution in [2.24, 2.45) is 0 Å². The van der Waals surface area contributed by atoms with Gasteiger partial charge >= 0.3 is 0 Å². The highest BCUT2D eigenvalue weighted by atomic mass is 35.5. The van der Waals surface area contributed by atoms with Gasteiger partial charge in [-0.1, -0.05) is 0 Å². The first-order chi connectivity index (χ1) is 2.27. The van der Waals surface area contributed by atoms with Crippen LogP contribution in [-0.4, -0.2) is 6.54 Å². The Labute approximate surface area is 41.7 Å². The van der Waals surface area contributed by atoms with E-state index in [-0.39, 0.29) is 0 Å². The zero-order valence-electron chi connectivity index (χ0n) is 2.91. The van der Waals surface area contributed by atoms with Crippen LogP contribution in [0.25, 0.3) is 0 Å². The lowest BCUT2D eigenvalue weighted by Crippen LogP contribution is -1.99. The lowest BCUT2D eigenvalue weighted by Gasteiger charge is -1.72. The molecule has 0 rings (SSSR count). The second-order valence-corrected chi connectivity index (χ2v) is 1.61. The van der Waals surface area contributed by atoms with Crippen LogP contribution in [0.5, 0.6) is 0 Å². The maximum Gasteiger partial charge on any atom is 0.250 e. The van der Waals surface area contributed by atoms with Gasteiger partial charge in [-0.25, -0.2) is 0 Å². The normalized spacial score (nSPS) is 9.60. The smallest absolute Gasteiger partial charge is 0.00691 e. The molecule has 0 unspecified atom stereocenters. The van der Waals surface area contributed by atoms with Crippen LogP contribution in [-0.2, 0) is 0 Å². The highest BCUT2D eigenvalue weighted by Crippen LogP contribution is 1.88. The maximum atomic E-state index is 5.06. The Bertz CT molecular complexity index is 21.6. The Balaban J connectivity index is 2.54. The quantitative estimate of drug-likeness (QED) is 0.455. The summed E-state index contributed by atoms with van der Waals surface area (Å²) in [7, 11) is 0. The number of nitrogens with zero attached hydrogens (tertiary/aromatic N) is 1. The largest absolute Gasteiger partial charge is 0.250 e. The van der Waals surface area contributed by atoms with Gasteiger partial charge in [0.15, 0.2) is 6.54 Å². The standard InChI is InChI=1S/C2H5Cl2N/c1-2-5(3)4/h2H2,1H3/q+1. The Hall–Kier alpha value is 0.540. The van der Waals surface area contributed by atoms with E-state index in [1.807, 2.05) is 6.92 Å². The molecule has 0 N–H and O–H groups in total. The molecule has 5 heavy (non-hydrogen) atoms. The lowest BCUT2D eigenvalue weighted by atomic mass is 10.8. The van der Waals surface area contributed by atoms with Crippen molar-refractivity contribution >= 4 is 23.6 Å². The van der Waals surface area contributed by atoms with E-state index in [1.165, 1.54) is 0 Å². The van der Waals surface area contributed by atoms with Crippen molar-refractivity contribution in [1.82, 2.24) is 3.94 Å². The van der Waals surface area contributed by atoms with Crippen molar-refractivity contribution in [2.45, 2.75) is 6.92 Å². The molecule has 0 aromatic carbocycles. The van der Waals surface area contributed by atoms with Gasteiger partial charge in [-0.05, 0) is 6.92 Å². The zero-order valence-corrected chi connectivity index (χ0v) is 4.42. The third-order valence-electron chi connectivity index (χ3n) is 0.239. The van der Waals surface area contributed by atoms with E-state index < -0.39 is 0 Å². The molecule has 0 amide bonds. The first-order valence-corrected chi connectivity index (χ1v) is 2.04. The van der Waals surface area contributed by atoms with Gasteiger partial charge in [0, 0.05) is 0 Å². The molecule has 0 aliphatic rings. The van der Waals surface area contributed by atoms with Gasteiger partial charge in [-0.15, -0.1) is 0 Å². The molecule has 0 bridgehead atoms. The summed E-state index contributed by atoms with van der Waals surface area (Å²) in [5.74, 6) is 0. The first-order valence-electron chi connectivity index (χ1n) is 1.36. The van der Waals surface area contributed by atoms with Crippen LogP contribution in [0.3, 0.4) is 0 Å². The molecule has 0 aromatic heterocycles. The number of rotatable bonds is 1. The van der Waals surface area contributed by atoms with Gasteiger partial charge in [-0.3, -0.25) is 0 Å². The molecule has 0 heterocycles. The van der Waals surface area contributed by atoms with Gasteiger partial charge < -0.3 is 0 Å². The van der Waals surface area contributed by atoms with E-state index >= 15 is 0 Å². The predicted octanol–water partition coefficient (Wildman–Crippen LogP) is 1.45. The molecule has 0 aliphatic carbocycles. The van der Waals surface area contributed by atoms with Crippen LogP contribution in [0, 0.1) is 0 Å². The molecular weight excluding hydrogens is 109 g/mol. The van der Waals surface area contributed by atoms with E-state index in [4.69, 9.17) is 23.6 Å². The molecule has 0 saturated carbocycles. The fourth-order valence-corrected chi connectivity index (χ4v) is 0. The molecule has 0 saturated heterocycles. The second kappa shape index (κ2) is 2.76. The summed E-state index contributed by atoms with van der Waals surface area (Å²) < 4.78 is 1.07. The summed E-state index contributed by atoms with van der Waals surface area (Å²) in [5, 5.41) is 0. The zero-order chi connectivity index (χ0) is 4.28. The maximum absolute atomic E-state index is 5.06. The third-order valence-corrected chi connectivity index (χ3v) is 0.717. The van der Waals surface area contributed by atoms with E-state index in [1.54, 1.807) is 0 Å². The highest BCUT2D eigenvalue weighted by molar-refractivity contribution is 6.36. The fraction of sp³-hybridized carbons (Fsp3) is 1.00. The second-order valence-electron chi connectivity index (χ2n) is 0.619. The number of hydrogen-bond donors (Lipinski definition) is 0. The summed E-state index contributed by atoms with van der Waals surface area (Å²) in [6.45, 7) is 2.53. The van der Waals surface area contributed by atoms with E-state index in [0.717, 1.165) is 3.94 Å². The van der Waals surface area contributed by atoms with Crippen LogP contribution in [0.4, 0.5) is 0 Å².